The smallest absolute Gasteiger partial charge is 0.312 e. The third-order valence-corrected chi connectivity index (χ3v) is 2.03. The zero-order valence-electron chi connectivity index (χ0n) is 9.12. The summed E-state index contributed by atoms with van der Waals surface area (Å²) in [5.74, 6) is 0.618. The number of rotatable bonds is 5. The van der Waals surface area contributed by atoms with E-state index in [4.69, 9.17) is 16.2 Å². The summed E-state index contributed by atoms with van der Waals surface area (Å²) < 4.78 is 5.08. The van der Waals surface area contributed by atoms with Gasteiger partial charge in [0.15, 0.2) is 0 Å². The lowest BCUT2D eigenvalue weighted by Gasteiger charge is -2.11. The van der Waals surface area contributed by atoms with Gasteiger partial charge in [0.25, 0.3) is 0 Å². The van der Waals surface area contributed by atoms with Crippen molar-refractivity contribution >= 4 is 17.4 Å². The second-order valence-corrected chi connectivity index (χ2v) is 3.14. The van der Waals surface area contributed by atoms with Crippen molar-refractivity contribution in [2.75, 3.05) is 31.2 Å². The second-order valence-electron chi connectivity index (χ2n) is 3.14. The molecule has 0 saturated heterocycles. The summed E-state index contributed by atoms with van der Waals surface area (Å²) in [5, 5.41) is 5.54. The molecule has 0 heterocycles. The van der Waals surface area contributed by atoms with E-state index in [-0.39, 0.29) is 0 Å². The molecule has 0 aliphatic rings. The highest BCUT2D eigenvalue weighted by Gasteiger charge is 2.03. The zero-order valence-corrected chi connectivity index (χ0v) is 9.12. The molecule has 0 spiro atoms. The summed E-state index contributed by atoms with van der Waals surface area (Å²) in [5.41, 5.74) is 12.1. The Labute approximate surface area is 93.9 Å². The van der Waals surface area contributed by atoms with Gasteiger partial charge in [0.2, 0.25) is 0 Å². The first kappa shape index (κ1) is 12.0. The number of benzene rings is 1. The molecular formula is C10H16N4O2. The molecule has 1 rings (SSSR count). The highest BCUT2D eigenvalue weighted by Crippen LogP contribution is 2.28. The van der Waals surface area contributed by atoms with Crippen LogP contribution in [0.15, 0.2) is 18.2 Å². The van der Waals surface area contributed by atoms with Gasteiger partial charge in [-0.3, -0.25) is 0 Å². The average Bonchev–Trinajstić information content (AvgIpc) is 2.26. The minimum Gasteiger partial charge on any atom is -0.495 e. The fourth-order valence-corrected chi connectivity index (χ4v) is 1.26. The number of nitrogens with one attached hydrogen (secondary N) is 2. The lowest BCUT2D eigenvalue weighted by atomic mass is 10.2. The maximum atomic E-state index is 10.4. The summed E-state index contributed by atoms with van der Waals surface area (Å²) in [4.78, 5) is 10.4. The van der Waals surface area contributed by atoms with E-state index in [0.29, 0.717) is 24.5 Å². The number of urea groups is 1. The Balaban J connectivity index is 2.50. The maximum Gasteiger partial charge on any atom is 0.312 e. The summed E-state index contributed by atoms with van der Waals surface area (Å²) in [6.07, 6.45) is 0. The molecular weight excluding hydrogens is 208 g/mol. The Morgan fingerprint density at radius 3 is 2.81 bits per heavy atom. The number of para-hydroxylation sites is 1. The number of hydrogen-bond acceptors (Lipinski definition) is 4. The van der Waals surface area contributed by atoms with E-state index in [9.17, 15) is 4.79 Å². The first-order valence-corrected chi connectivity index (χ1v) is 4.84. The van der Waals surface area contributed by atoms with Gasteiger partial charge in [-0.05, 0) is 12.1 Å². The van der Waals surface area contributed by atoms with Crippen molar-refractivity contribution in [3.8, 4) is 5.75 Å². The van der Waals surface area contributed by atoms with E-state index in [1.54, 1.807) is 13.2 Å². The van der Waals surface area contributed by atoms with Crippen molar-refractivity contribution in [3.05, 3.63) is 18.2 Å². The van der Waals surface area contributed by atoms with Gasteiger partial charge in [0.1, 0.15) is 5.75 Å². The van der Waals surface area contributed by atoms with Crippen molar-refractivity contribution in [1.82, 2.24) is 5.32 Å². The molecule has 0 aliphatic carbocycles. The molecule has 88 valence electrons. The predicted molar refractivity (Wildman–Crippen MR) is 63.5 cm³/mol. The maximum absolute atomic E-state index is 10.4. The van der Waals surface area contributed by atoms with Crippen LogP contribution in [0.4, 0.5) is 16.2 Å². The Hall–Kier alpha value is -2.11. The molecule has 16 heavy (non-hydrogen) atoms. The minimum absolute atomic E-state index is 0.436. The number of carbonyl (C=O) groups is 1. The number of nitrogens with two attached hydrogens (primary N) is 2. The van der Waals surface area contributed by atoms with E-state index in [1.807, 2.05) is 12.1 Å². The van der Waals surface area contributed by atoms with Crippen LogP contribution in [0.3, 0.4) is 0 Å². The normalized spacial score (nSPS) is 9.56. The van der Waals surface area contributed by atoms with Gasteiger partial charge in [-0.1, -0.05) is 6.07 Å². The first-order valence-electron chi connectivity index (χ1n) is 4.84. The Bertz CT molecular complexity index is 368. The van der Waals surface area contributed by atoms with Crippen LogP contribution in [0.1, 0.15) is 0 Å². The van der Waals surface area contributed by atoms with Crippen LogP contribution in [-0.4, -0.2) is 26.2 Å². The number of ether oxygens (including phenoxy) is 1. The number of methoxy groups -OCH3 is 1. The number of primary amides is 1. The standard InChI is InChI=1S/C10H16N4O2/c1-16-8-4-2-3-7(9(8)11)13-5-6-14-10(12)15/h2-4,13H,5-6,11H2,1H3,(H3,12,14,15). The van der Waals surface area contributed by atoms with E-state index >= 15 is 0 Å². The Kier molecular flexibility index (Phi) is 4.26. The van der Waals surface area contributed by atoms with Gasteiger partial charge in [-0.2, -0.15) is 0 Å². The first-order chi connectivity index (χ1) is 7.65. The molecule has 0 fully saturated rings. The van der Waals surface area contributed by atoms with Crippen LogP contribution in [0.5, 0.6) is 5.75 Å². The average molecular weight is 224 g/mol. The number of nitrogen functional groups attached to an aromatic ring is 1. The molecule has 6 heteroatoms. The van der Waals surface area contributed by atoms with Gasteiger partial charge < -0.3 is 26.8 Å². The molecule has 6 N–H and O–H groups in total. The summed E-state index contributed by atoms with van der Waals surface area (Å²) in [6.45, 7) is 0.978. The van der Waals surface area contributed by atoms with E-state index in [2.05, 4.69) is 10.6 Å². The molecule has 0 saturated carbocycles. The number of anilines is 2. The number of hydrogen-bond donors (Lipinski definition) is 4. The molecule has 6 nitrogen and oxygen atoms in total. The number of amides is 2. The molecule has 0 atom stereocenters. The van der Waals surface area contributed by atoms with Gasteiger partial charge >= 0.3 is 6.03 Å². The minimum atomic E-state index is -0.541. The van der Waals surface area contributed by atoms with Crippen molar-refractivity contribution in [3.63, 3.8) is 0 Å². The number of carbonyl (C=O) groups excluding carboxylic acids is 1. The van der Waals surface area contributed by atoms with Crippen molar-refractivity contribution in [2.24, 2.45) is 5.73 Å². The lowest BCUT2D eigenvalue weighted by molar-refractivity contribution is 0.249. The van der Waals surface area contributed by atoms with Gasteiger partial charge in [0.05, 0.1) is 18.5 Å². The fourth-order valence-electron chi connectivity index (χ4n) is 1.26. The van der Waals surface area contributed by atoms with Crippen LogP contribution in [0.25, 0.3) is 0 Å². The van der Waals surface area contributed by atoms with E-state index < -0.39 is 6.03 Å². The molecule has 2 amide bonds. The van der Waals surface area contributed by atoms with Gasteiger partial charge in [0, 0.05) is 13.1 Å². The largest absolute Gasteiger partial charge is 0.495 e. The molecule has 0 aliphatic heterocycles. The third kappa shape index (κ3) is 3.23. The van der Waals surface area contributed by atoms with Crippen LogP contribution < -0.4 is 26.8 Å². The van der Waals surface area contributed by atoms with Crippen LogP contribution in [0.2, 0.25) is 0 Å². The summed E-state index contributed by atoms with van der Waals surface area (Å²) in [6, 6.07) is 4.91. The summed E-state index contributed by atoms with van der Waals surface area (Å²) in [7, 11) is 1.56. The zero-order chi connectivity index (χ0) is 12.0. The Morgan fingerprint density at radius 1 is 1.44 bits per heavy atom. The SMILES string of the molecule is COc1cccc(NCCNC(N)=O)c1N. The van der Waals surface area contributed by atoms with Crippen molar-refractivity contribution in [2.45, 2.75) is 0 Å². The summed E-state index contributed by atoms with van der Waals surface area (Å²) >= 11 is 0. The van der Waals surface area contributed by atoms with E-state index in [0.717, 1.165) is 5.69 Å². The van der Waals surface area contributed by atoms with Crippen LogP contribution >= 0.6 is 0 Å². The van der Waals surface area contributed by atoms with Crippen LogP contribution in [-0.2, 0) is 0 Å². The van der Waals surface area contributed by atoms with E-state index in [1.165, 1.54) is 0 Å². The van der Waals surface area contributed by atoms with Crippen molar-refractivity contribution in [1.29, 1.82) is 0 Å². The Morgan fingerprint density at radius 2 is 2.19 bits per heavy atom. The molecule has 1 aromatic carbocycles. The van der Waals surface area contributed by atoms with Gasteiger partial charge in [-0.25, -0.2) is 4.79 Å². The molecule has 0 unspecified atom stereocenters. The van der Waals surface area contributed by atoms with Gasteiger partial charge in [-0.15, -0.1) is 0 Å². The highest BCUT2D eigenvalue weighted by molar-refractivity contribution is 5.73. The molecule has 1 aromatic rings. The fraction of sp³-hybridized carbons (Fsp3) is 0.300. The molecule has 0 radical (unpaired) electrons. The topological polar surface area (TPSA) is 102 Å². The molecule has 0 aromatic heterocycles. The highest BCUT2D eigenvalue weighted by atomic mass is 16.5. The quantitative estimate of drug-likeness (QED) is 0.428. The second kappa shape index (κ2) is 5.69. The predicted octanol–water partition coefficient (Wildman–Crippen LogP) is 0.358. The van der Waals surface area contributed by atoms with Crippen LogP contribution in [0, 0.1) is 0 Å². The lowest BCUT2D eigenvalue weighted by Crippen LogP contribution is -2.33. The van der Waals surface area contributed by atoms with Crippen molar-refractivity contribution < 1.29 is 9.53 Å². The molecule has 0 bridgehead atoms. The third-order valence-electron chi connectivity index (χ3n) is 2.03. The monoisotopic (exact) mass is 224 g/mol.